The average molecular weight is 356 g/mol. The third-order valence-corrected chi connectivity index (χ3v) is 5.17. The second kappa shape index (κ2) is 9.58. The first-order valence-corrected chi connectivity index (χ1v) is 10.1. The summed E-state index contributed by atoms with van der Waals surface area (Å²) in [6.07, 6.45) is 3.33. The van der Waals surface area contributed by atoms with Crippen LogP contribution in [0, 0.1) is 0 Å². The third-order valence-electron chi connectivity index (χ3n) is 3.79. The number of sulfonamides is 1. The summed E-state index contributed by atoms with van der Waals surface area (Å²) in [6, 6.07) is 3.59. The molecule has 1 amide bonds. The number of aromatic nitrogens is 1. The van der Waals surface area contributed by atoms with Gasteiger partial charge in [-0.1, -0.05) is 6.92 Å². The molecule has 0 saturated carbocycles. The van der Waals surface area contributed by atoms with Crippen molar-refractivity contribution in [2.45, 2.75) is 27.2 Å². The molecule has 0 aliphatic heterocycles. The molecule has 8 heteroatoms. The van der Waals surface area contributed by atoms with E-state index < -0.39 is 10.0 Å². The second-order valence-corrected chi connectivity index (χ2v) is 7.42. The fourth-order valence-corrected chi connectivity index (χ4v) is 3.30. The molecule has 0 spiro atoms. The van der Waals surface area contributed by atoms with Crippen LogP contribution < -0.4 is 10.2 Å². The Morgan fingerprint density at radius 3 is 2.29 bits per heavy atom. The molecule has 1 N–H and O–H groups in total. The Balaban J connectivity index is 2.48. The van der Waals surface area contributed by atoms with Gasteiger partial charge in [0.05, 0.1) is 11.8 Å². The monoisotopic (exact) mass is 356 g/mol. The van der Waals surface area contributed by atoms with Gasteiger partial charge in [0.25, 0.3) is 5.91 Å². The minimum Gasteiger partial charge on any atom is -0.357 e. The molecule has 0 aliphatic carbocycles. The van der Waals surface area contributed by atoms with Gasteiger partial charge in [0, 0.05) is 38.9 Å². The Hall–Kier alpha value is -1.67. The van der Waals surface area contributed by atoms with Crippen LogP contribution in [-0.2, 0) is 10.0 Å². The summed E-state index contributed by atoms with van der Waals surface area (Å²) in [5, 5.41) is 2.79. The molecule has 0 aromatic carbocycles. The number of amides is 1. The zero-order chi connectivity index (χ0) is 18.2. The first kappa shape index (κ1) is 20.4. The molecule has 24 heavy (non-hydrogen) atoms. The Morgan fingerprint density at radius 2 is 1.83 bits per heavy atom. The molecule has 1 heterocycles. The highest BCUT2D eigenvalue weighted by atomic mass is 32.2. The Morgan fingerprint density at radius 1 is 1.17 bits per heavy atom. The molecular formula is C16H28N4O3S. The number of nitrogens with one attached hydrogen (secondary N) is 1. The molecule has 1 aromatic heterocycles. The van der Waals surface area contributed by atoms with Crippen molar-refractivity contribution < 1.29 is 13.2 Å². The summed E-state index contributed by atoms with van der Waals surface area (Å²) >= 11 is 0. The highest BCUT2D eigenvalue weighted by Gasteiger charge is 2.14. The van der Waals surface area contributed by atoms with E-state index in [2.05, 4.69) is 29.0 Å². The summed E-state index contributed by atoms with van der Waals surface area (Å²) in [5.41, 5.74) is 0.501. The standard InChI is InChI=1S/C16H28N4O3S/c1-5-19(6-2)15-10-9-14(13-18-15)16(21)17-11-8-12-20(7-3)24(4,22)23/h9-10,13H,5-8,11-12H2,1-4H3,(H,17,21). The zero-order valence-corrected chi connectivity index (χ0v) is 15.8. The minimum absolute atomic E-state index is 0.198. The van der Waals surface area contributed by atoms with Gasteiger partial charge in [-0.05, 0) is 32.4 Å². The van der Waals surface area contributed by atoms with E-state index in [0.717, 1.165) is 18.9 Å². The number of carbonyl (C=O) groups excluding carboxylic acids is 1. The minimum atomic E-state index is -3.18. The molecule has 7 nitrogen and oxygen atoms in total. The lowest BCUT2D eigenvalue weighted by molar-refractivity contribution is 0.0952. The maximum absolute atomic E-state index is 12.1. The number of hydrogen-bond acceptors (Lipinski definition) is 5. The Labute approximate surface area is 145 Å². The highest BCUT2D eigenvalue weighted by molar-refractivity contribution is 7.88. The van der Waals surface area contributed by atoms with Crippen LogP contribution >= 0.6 is 0 Å². The van der Waals surface area contributed by atoms with Gasteiger partial charge in [0.1, 0.15) is 5.82 Å². The molecule has 136 valence electrons. The first-order chi connectivity index (χ1) is 11.3. The molecule has 0 radical (unpaired) electrons. The van der Waals surface area contributed by atoms with E-state index in [0.29, 0.717) is 31.6 Å². The zero-order valence-electron chi connectivity index (χ0n) is 14.9. The molecule has 1 aromatic rings. The second-order valence-electron chi connectivity index (χ2n) is 5.44. The summed E-state index contributed by atoms with van der Waals surface area (Å²) in [5.74, 6) is 0.652. The predicted octanol–water partition coefficient (Wildman–Crippen LogP) is 1.33. The van der Waals surface area contributed by atoms with Gasteiger partial charge < -0.3 is 10.2 Å². The van der Waals surface area contributed by atoms with Crippen LogP contribution in [0.2, 0.25) is 0 Å². The summed E-state index contributed by atoms with van der Waals surface area (Å²) < 4.78 is 24.3. The normalized spacial score (nSPS) is 11.5. The highest BCUT2D eigenvalue weighted by Crippen LogP contribution is 2.10. The van der Waals surface area contributed by atoms with Crippen molar-refractivity contribution >= 4 is 21.7 Å². The quantitative estimate of drug-likeness (QED) is 0.640. The van der Waals surface area contributed by atoms with Crippen molar-refractivity contribution in [3.63, 3.8) is 0 Å². The van der Waals surface area contributed by atoms with Crippen molar-refractivity contribution in [1.29, 1.82) is 0 Å². The Bertz CT molecular complexity index is 613. The predicted molar refractivity (Wildman–Crippen MR) is 96.8 cm³/mol. The van der Waals surface area contributed by atoms with Crippen LogP contribution in [0.4, 0.5) is 5.82 Å². The van der Waals surface area contributed by atoms with Crippen molar-refractivity contribution in [3.8, 4) is 0 Å². The lowest BCUT2D eigenvalue weighted by Gasteiger charge is -2.19. The molecule has 1 rings (SSSR count). The van der Waals surface area contributed by atoms with E-state index in [-0.39, 0.29) is 5.91 Å². The van der Waals surface area contributed by atoms with E-state index >= 15 is 0 Å². The summed E-state index contributed by atoms with van der Waals surface area (Å²) in [4.78, 5) is 18.5. The van der Waals surface area contributed by atoms with Gasteiger partial charge in [-0.15, -0.1) is 0 Å². The van der Waals surface area contributed by atoms with Crippen LogP contribution in [0.15, 0.2) is 18.3 Å². The van der Waals surface area contributed by atoms with Crippen molar-refractivity contribution in [2.75, 3.05) is 43.9 Å². The molecule has 0 saturated heterocycles. The number of carbonyl (C=O) groups is 1. The third kappa shape index (κ3) is 6.09. The van der Waals surface area contributed by atoms with E-state index in [4.69, 9.17) is 0 Å². The Kier molecular flexibility index (Phi) is 8.14. The van der Waals surface area contributed by atoms with Crippen LogP contribution in [0.1, 0.15) is 37.6 Å². The summed E-state index contributed by atoms with van der Waals surface area (Å²) in [6.45, 7) is 8.89. The van der Waals surface area contributed by atoms with Crippen molar-refractivity contribution in [1.82, 2.24) is 14.6 Å². The maximum atomic E-state index is 12.1. The molecule has 0 aliphatic rings. The topological polar surface area (TPSA) is 82.6 Å². The lowest BCUT2D eigenvalue weighted by Crippen LogP contribution is -2.33. The van der Waals surface area contributed by atoms with Crippen LogP contribution in [0.5, 0.6) is 0 Å². The fraction of sp³-hybridized carbons (Fsp3) is 0.625. The van der Waals surface area contributed by atoms with Gasteiger partial charge in [0.2, 0.25) is 10.0 Å². The molecule has 0 atom stereocenters. The SMILES string of the molecule is CCN(CC)c1ccc(C(=O)NCCCN(CC)S(C)(=O)=O)cn1. The van der Waals surface area contributed by atoms with Crippen molar-refractivity contribution in [2.24, 2.45) is 0 Å². The largest absolute Gasteiger partial charge is 0.357 e. The number of anilines is 1. The van der Waals surface area contributed by atoms with Gasteiger partial charge in [-0.25, -0.2) is 17.7 Å². The van der Waals surface area contributed by atoms with Crippen LogP contribution in [0.3, 0.4) is 0 Å². The van der Waals surface area contributed by atoms with E-state index in [9.17, 15) is 13.2 Å². The van der Waals surface area contributed by atoms with Gasteiger partial charge in [0.15, 0.2) is 0 Å². The van der Waals surface area contributed by atoms with E-state index in [1.807, 2.05) is 6.07 Å². The first-order valence-electron chi connectivity index (χ1n) is 8.27. The van der Waals surface area contributed by atoms with E-state index in [1.54, 1.807) is 19.2 Å². The summed E-state index contributed by atoms with van der Waals surface area (Å²) in [7, 11) is -3.18. The average Bonchev–Trinajstić information content (AvgIpc) is 2.55. The van der Waals surface area contributed by atoms with Crippen molar-refractivity contribution in [3.05, 3.63) is 23.9 Å². The lowest BCUT2D eigenvalue weighted by atomic mass is 10.2. The van der Waals surface area contributed by atoms with Gasteiger partial charge in [-0.3, -0.25) is 4.79 Å². The maximum Gasteiger partial charge on any atom is 0.252 e. The van der Waals surface area contributed by atoms with Gasteiger partial charge in [-0.2, -0.15) is 0 Å². The fourth-order valence-electron chi connectivity index (χ4n) is 2.37. The van der Waals surface area contributed by atoms with Crippen LogP contribution in [0.25, 0.3) is 0 Å². The molecular weight excluding hydrogens is 328 g/mol. The smallest absolute Gasteiger partial charge is 0.252 e. The number of rotatable bonds is 10. The van der Waals surface area contributed by atoms with Crippen LogP contribution in [-0.4, -0.2) is 62.6 Å². The number of pyridine rings is 1. The molecule has 0 fully saturated rings. The number of hydrogen-bond donors (Lipinski definition) is 1. The molecule has 0 bridgehead atoms. The van der Waals surface area contributed by atoms with E-state index in [1.165, 1.54) is 10.6 Å². The number of nitrogens with zero attached hydrogens (tertiary/aromatic N) is 3. The van der Waals surface area contributed by atoms with Gasteiger partial charge >= 0.3 is 0 Å². The molecule has 0 unspecified atom stereocenters.